The summed E-state index contributed by atoms with van der Waals surface area (Å²) in [5.74, 6) is 1.04. The zero-order valence-corrected chi connectivity index (χ0v) is 12.3. The summed E-state index contributed by atoms with van der Waals surface area (Å²) < 4.78 is 0. The number of nitrogens with zero attached hydrogens (tertiary/aromatic N) is 2. The molecule has 1 N–H and O–H groups in total. The molecule has 0 bridgehead atoms. The van der Waals surface area contributed by atoms with Crippen molar-refractivity contribution in [2.75, 3.05) is 18.5 Å². The molecule has 4 heteroatoms. The molecule has 0 amide bonds. The van der Waals surface area contributed by atoms with Gasteiger partial charge in [-0.2, -0.15) is 0 Å². The van der Waals surface area contributed by atoms with Crippen molar-refractivity contribution in [3.05, 3.63) is 10.6 Å². The third-order valence-electron chi connectivity index (χ3n) is 2.90. The molecule has 0 aliphatic heterocycles. The highest BCUT2D eigenvalue weighted by atomic mass is 32.1. The lowest BCUT2D eigenvalue weighted by atomic mass is 10.0. The highest BCUT2D eigenvalue weighted by Crippen LogP contribution is 2.31. The van der Waals surface area contributed by atoms with Gasteiger partial charge in [-0.3, -0.25) is 0 Å². The van der Waals surface area contributed by atoms with Crippen molar-refractivity contribution in [1.29, 1.82) is 0 Å². The van der Waals surface area contributed by atoms with Gasteiger partial charge in [0.2, 0.25) is 0 Å². The van der Waals surface area contributed by atoms with Crippen LogP contribution >= 0.6 is 11.3 Å². The Morgan fingerprint density at radius 2 is 2.00 bits per heavy atom. The Morgan fingerprint density at radius 3 is 2.47 bits per heavy atom. The first-order valence-corrected chi connectivity index (χ1v) is 7.12. The van der Waals surface area contributed by atoms with E-state index in [9.17, 15) is 5.11 Å². The fraction of sp³-hybridized carbons (Fsp3) is 0.769. The smallest absolute Gasteiger partial charge is 0.185 e. The summed E-state index contributed by atoms with van der Waals surface area (Å²) in [5, 5.41) is 10.4. The maximum atomic E-state index is 9.39. The molecule has 3 nitrogen and oxygen atoms in total. The van der Waals surface area contributed by atoms with Gasteiger partial charge in [-0.05, 0) is 18.3 Å². The standard InChI is InChI=1S/C13H24N2OS/c1-6-10(4)12-11(8-16)17-13(14-12)15(5)7-9(2)3/h9-10,16H,6-8H2,1-5H3. The summed E-state index contributed by atoms with van der Waals surface area (Å²) in [6, 6.07) is 0. The van der Waals surface area contributed by atoms with E-state index in [2.05, 4.69) is 44.6 Å². The minimum Gasteiger partial charge on any atom is -0.391 e. The van der Waals surface area contributed by atoms with Crippen molar-refractivity contribution in [3.63, 3.8) is 0 Å². The van der Waals surface area contributed by atoms with Crippen molar-refractivity contribution in [2.24, 2.45) is 5.92 Å². The van der Waals surface area contributed by atoms with Gasteiger partial charge in [-0.25, -0.2) is 4.98 Å². The van der Waals surface area contributed by atoms with E-state index >= 15 is 0 Å². The number of aliphatic hydroxyl groups is 1. The first kappa shape index (κ1) is 14.5. The Balaban J connectivity index is 2.91. The maximum absolute atomic E-state index is 9.39. The Bertz CT molecular complexity index is 349. The van der Waals surface area contributed by atoms with Crippen LogP contribution < -0.4 is 4.90 Å². The van der Waals surface area contributed by atoms with Crippen molar-refractivity contribution in [3.8, 4) is 0 Å². The highest BCUT2D eigenvalue weighted by molar-refractivity contribution is 7.15. The zero-order chi connectivity index (χ0) is 13.0. The van der Waals surface area contributed by atoms with Gasteiger partial charge >= 0.3 is 0 Å². The van der Waals surface area contributed by atoms with E-state index in [4.69, 9.17) is 0 Å². The molecule has 1 aromatic rings. The fourth-order valence-electron chi connectivity index (χ4n) is 1.83. The summed E-state index contributed by atoms with van der Waals surface area (Å²) in [6.45, 7) is 9.83. The van der Waals surface area contributed by atoms with Crippen LogP contribution in [0.25, 0.3) is 0 Å². The summed E-state index contributed by atoms with van der Waals surface area (Å²) in [6.07, 6.45) is 1.06. The lowest BCUT2D eigenvalue weighted by Crippen LogP contribution is -2.22. The lowest BCUT2D eigenvalue weighted by Gasteiger charge is -2.17. The van der Waals surface area contributed by atoms with Gasteiger partial charge in [0.25, 0.3) is 0 Å². The number of rotatable bonds is 6. The minimum absolute atomic E-state index is 0.104. The molecule has 1 unspecified atom stereocenters. The molecule has 0 saturated carbocycles. The van der Waals surface area contributed by atoms with Gasteiger partial charge in [0, 0.05) is 13.6 Å². The van der Waals surface area contributed by atoms with Crippen LogP contribution in [0.2, 0.25) is 0 Å². The van der Waals surface area contributed by atoms with E-state index < -0.39 is 0 Å². The van der Waals surface area contributed by atoms with Crippen molar-refractivity contribution >= 4 is 16.5 Å². The Morgan fingerprint density at radius 1 is 1.35 bits per heavy atom. The average molecular weight is 256 g/mol. The summed E-state index contributed by atoms with van der Waals surface area (Å²) >= 11 is 1.62. The Labute approximate surface area is 108 Å². The van der Waals surface area contributed by atoms with Gasteiger partial charge in [0.15, 0.2) is 5.13 Å². The minimum atomic E-state index is 0.104. The van der Waals surface area contributed by atoms with Gasteiger partial charge in [-0.1, -0.05) is 39.0 Å². The second-order valence-corrected chi connectivity index (χ2v) is 6.11. The van der Waals surface area contributed by atoms with Crippen molar-refractivity contribution < 1.29 is 5.11 Å². The molecule has 1 atom stereocenters. The van der Waals surface area contributed by atoms with Crippen LogP contribution in [0.4, 0.5) is 5.13 Å². The quantitative estimate of drug-likeness (QED) is 0.849. The number of thiazole rings is 1. The Kier molecular flexibility index (Phi) is 5.40. The van der Waals surface area contributed by atoms with Crippen LogP contribution in [-0.4, -0.2) is 23.7 Å². The monoisotopic (exact) mass is 256 g/mol. The molecule has 0 aromatic carbocycles. The SMILES string of the molecule is CCC(C)c1nc(N(C)CC(C)C)sc1CO. The van der Waals surface area contributed by atoms with Crippen LogP contribution in [0.1, 0.15) is 50.6 Å². The van der Waals surface area contributed by atoms with E-state index in [1.165, 1.54) is 0 Å². The lowest BCUT2D eigenvalue weighted by molar-refractivity contribution is 0.283. The maximum Gasteiger partial charge on any atom is 0.185 e. The first-order chi connectivity index (χ1) is 7.99. The summed E-state index contributed by atoms with van der Waals surface area (Å²) in [7, 11) is 2.07. The number of hydrogen-bond acceptors (Lipinski definition) is 4. The van der Waals surface area contributed by atoms with Crippen LogP contribution in [0.15, 0.2) is 0 Å². The average Bonchev–Trinajstić information content (AvgIpc) is 2.71. The van der Waals surface area contributed by atoms with Crippen LogP contribution in [0.3, 0.4) is 0 Å². The molecule has 1 rings (SSSR count). The van der Waals surface area contributed by atoms with Gasteiger partial charge in [0.1, 0.15) is 0 Å². The summed E-state index contributed by atoms with van der Waals surface area (Å²) in [4.78, 5) is 7.89. The molecule has 1 heterocycles. The zero-order valence-electron chi connectivity index (χ0n) is 11.5. The number of aliphatic hydroxyl groups excluding tert-OH is 1. The van der Waals surface area contributed by atoms with Crippen molar-refractivity contribution in [2.45, 2.75) is 46.6 Å². The second kappa shape index (κ2) is 6.36. The summed E-state index contributed by atoms with van der Waals surface area (Å²) in [5.41, 5.74) is 1.07. The molecule has 0 aliphatic rings. The van der Waals surface area contributed by atoms with Crippen LogP contribution in [0, 0.1) is 5.92 Å². The number of anilines is 1. The van der Waals surface area contributed by atoms with Crippen LogP contribution in [-0.2, 0) is 6.61 Å². The normalized spacial score (nSPS) is 13.1. The number of aromatic nitrogens is 1. The molecule has 0 spiro atoms. The van der Waals surface area contributed by atoms with E-state index in [0.717, 1.165) is 28.7 Å². The van der Waals surface area contributed by atoms with E-state index in [0.29, 0.717) is 11.8 Å². The molecule has 1 aromatic heterocycles. The predicted octanol–water partition coefficient (Wildman–Crippen LogP) is 3.24. The first-order valence-electron chi connectivity index (χ1n) is 6.31. The van der Waals surface area contributed by atoms with Crippen LogP contribution in [0.5, 0.6) is 0 Å². The molecule has 0 radical (unpaired) electrons. The van der Waals surface area contributed by atoms with Gasteiger partial charge in [-0.15, -0.1) is 0 Å². The fourth-order valence-corrected chi connectivity index (χ4v) is 2.84. The largest absolute Gasteiger partial charge is 0.391 e. The molecule has 0 aliphatic carbocycles. The van der Waals surface area contributed by atoms with E-state index in [-0.39, 0.29) is 6.61 Å². The van der Waals surface area contributed by atoms with Gasteiger partial charge in [0.05, 0.1) is 17.2 Å². The molecule has 0 saturated heterocycles. The molecule has 17 heavy (non-hydrogen) atoms. The molecular formula is C13H24N2OS. The third-order valence-corrected chi connectivity index (χ3v) is 4.07. The molecule has 0 fully saturated rings. The van der Waals surface area contributed by atoms with Gasteiger partial charge < -0.3 is 10.0 Å². The van der Waals surface area contributed by atoms with E-state index in [1.807, 2.05) is 0 Å². The predicted molar refractivity (Wildman–Crippen MR) is 74.9 cm³/mol. The number of hydrogen-bond donors (Lipinski definition) is 1. The van der Waals surface area contributed by atoms with Crippen molar-refractivity contribution in [1.82, 2.24) is 4.98 Å². The molecular weight excluding hydrogens is 232 g/mol. The Hall–Kier alpha value is -0.610. The topological polar surface area (TPSA) is 36.4 Å². The highest BCUT2D eigenvalue weighted by Gasteiger charge is 2.17. The third kappa shape index (κ3) is 3.68. The second-order valence-electron chi connectivity index (χ2n) is 5.05. The molecule has 98 valence electrons. The van der Waals surface area contributed by atoms with E-state index in [1.54, 1.807) is 11.3 Å².